The summed E-state index contributed by atoms with van der Waals surface area (Å²) >= 11 is 0. The molecule has 4 heterocycles. The fourth-order valence-electron chi connectivity index (χ4n) is 5.94. The van der Waals surface area contributed by atoms with E-state index in [-0.39, 0.29) is 23.6 Å². The van der Waals surface area contributed by atoms with Crippen LogP contribution in [0, 0.1) is 0 Å². The van der Waals surface area contributed by atoms with E-state index in [2.05, 4.69) is 20.6 Å². The molecule has 2 fully saturated rings. The maximum absolute atomic E-state index is 13.5. The summed E-state index contributed by atoms with van der Waals surface area (Å²) in [5, 5.41) is 13.3. The van der Waals surface area contributed by atoms with E-state index in [0.717, 1.165) is 53.6 Å². The lowest BCUT2D eigenvalue weighted by Crippen LogP contribution is -2.49. The normalized spacial score (nSPS) is 17.2. The van der Waals surface area contributed by atoms with Crippen LogP contribution < -0.4 is 16.2 Å². The predicted octanol–water partition coefficient (Wildman–Crippen LogP) is 3.38. The molecular formula is C27H30N6O2. The summed E-state index contributed by atoms with van der Waals surface area (Å²) in [5.74, 6) is -0.118. The number of carbonyl (C=O) groups is 1. The molecule has 0 atom stereocenters. The number of nitrogens with one attached hydrogen (secondary N) is 2. The lowest BCUT2D eigenvalue weighted by atomic mass is 9.94. The van der Waals surface area contributed by atoms with E-state index in [4.69, 9.17) is 0 Å². The summed E-state index contributed by atoms with van der Waals surface area (Å²) in [6.45, 7) is 2.94. The first kappa shape index (κ1) is 21.9. The second-order valence-electron chi connectivity index (χ2n) is 9.88. The number of nitrogens with zero attached hydrogens (tertiary/aromatic N) is 4. The van der Waals surface area contributed by atoms with Crippen LogP contribution in [-0.4, -0.2) is 50.3 Å². The first-order valence-corrected chi connectivity index (χ1v) is 12.4. The van der Waals surface area contributed by atoms with E-state index in [1.54, 1.807) is 6.20 Å². The summed E-state index contributed by atoms with van der Waals surface area (Å²) in [6.07, 6.45) is 8.22. The van der Waals surface area contributed by atoms with Gasteiger partial charge in [-0.1, -0.05) is 12.1 Å². The molecule has 8 nitrogen and oxygen atoms in total. The minimum Gasteiger partial charge on any atom is -0.355 e. The summed E-state index contributed by atoms with van der Waals surface area (Å²) in [7, 11) is 1.91. The number of benzene rings is 2. The second kappa shape index (κ2) is 8.53. The molecular weight excluding hydrogens is 440 g/mol. The summed E-state index contributed by atoms with van der Waals surface area (Å²) < 4.78 is 3.34. The number of pyridine rings is 1. The first-order chi connectivity index (χ1) is 17.0. The highest BCUT2D eigenvalue weighted by Gasteiger charge is 2.44. The molecule has 0 spiro atoms. The molecule has 4 aromatic rings. The number of carbonyl (C=O) groups excluding carboxylic acids is 1. The Morgan fingerprint density at radius 2 is 1.91 bits per heavy atom. The van der Waals surface area contributed by atoms with Gasteiger partial charge in [-0.15, -0.1) is 0 Å². The van der Waals surface area contributed by atoms with Gasteiger partial charge in [0.05, 0.1) is 22.8 Å². The number of rotatable bonds is 6. The third-order valence-electron chi connectivity index (χ3n) is 7.77. The van der Waals surface area contributed by atoms with Crippen molar-refractivity contribution in [2.45, 2.75) is 37.8 Å². The van der Waals surface area contributed by atoms with Crippen molar-refractivity contribution in [3.05, 3.63) is 65.2 Å². The second-order valence-corrected chi connectivity index (χ2v) is 9.88. The van der Waals surface area contributed by atoms with Gasteiger partial charge in [0.2, 0.25) is 5.91 Å². The molecule has 2 aromatic heterocycles. The van der Waals surface area contributed by atoms with Crippen LogP contribution in [0.15, 0.2) is 59.7 Å². The highest BCUT2D eigenvalue weighted by atomic mass is 16.2. The van der Waals surface area contributed by atoms with Crippen molar-refractivity contribution in [1.29, 1.82) is 0 Å². The lowest BCUT2D eigenvalue weighted by molar-refractivity contribution is -0.122. The van der Waals surface area contributed by atoms with Gasteiger partial charge in [0.25, 0.3) is 5.56 Å². The molecule has 0 bridgehead atoms. The van der Waals surface area contributed by atoms with Crippen LogP contribution in [0.25, 0.3) is 21.7 Å². The molecule has 2 aromatic carbocycles. The Morgan fingerprint density at radius 1 is 1.09 bits per heavy atom. The Morgan fingerprint density at radius 3 is 2.74 bits per heavy atom. The molecule has 2 N–H and O–H groups in total. The zero-order valence-corrected chi connectivity index (χ0v) is 20.0. The van der Waals surface area contributed by atoms with Gasteiger partial charge in [0.15, 0.2) is 0 Å². The number of hydrogen-bond donors (Lipinski definition) is 2. The molecule has 0 aliphatic carbocycles. The highest BCUT2D eigenvalue weighted by molar-refractivity contribution is 5.95. The average Bonchev–Trinajstić information content (AvgIpc) is 3.54. The van der Waals surface area contributed by atoms with Crippen LogP contribution in [-0.2, 0) is 18.4 Å². The Labute approximate surface area is 203 Å². The van der Waals surface area contributed by atoms with Crippen molar-refractivity contribution in [3.8, 4) is 0 Å². The van der Waals surface area contributed by atoms with Crippen LogP contribution in [0.4, 0.5) is 11.4 Å². The number of aromatic nitrogens is 3. The molecule has 2 saturated heterocycles. The van der Waals surface area contributed by atoms with E-state index in [1.807, 2.05) is 60.4 Å². The molecule has 2 aliphatic rings. The van der Waals surface area contributed by atoms with Crippen molar-refractivity contribution in [3.63, 3.8) is 0 Å². The van der Waals surface area contributed by atoms with Crippen LogP contribution in [0.2, 0.25) is 0 Å². The summed E-state index contributed by atoms with van der Waals surface area (Å²) in [4.78, 5) is 28.8. The zero-order valence-electron chi connectivity index (χ0n) is 20.0. The van der Waals surface area contributed by atoms with Crippen LogP contribution in [0.1, 0.15) is 25.7 Å². The molecule has 180 valence electrons. The number of amides is 1. The van der Waals surface area contributed by atoms with Gasteiger partial charge in [-0.3, -0.25) is 19.2 Å². The van der Waals surface area contributed by atoms with Gasteiger partial charge in [0, 0.05) is 36.4 Å². The molecule has 6 rings (SSSR count). The van der Waals surface area contributed by atoms with Crippen LogP contribution >= 0.6 is 0 Å². The highest BCUT2D eigenvalue weighted by Crippen LogP contribution is 2.38. The topological polar surface area (TPSA) is 84.2 Å². The van der Waals surface area contributed by atoms with E-state index in [9.17, 15) is 9.59 Å². The molecule has 1 amide bonds. The molecule has 0 radical (unpaired) electrons. The fraction of sp³-hybridized carbons (Fsp3) is 0.370. The Hall–Kier alpha value is -3.65. The van der Waals surface area contributed by atoms with Gasteiger partial charge in [0.1, 0.15) is 6.54 Å². The fourth-order valence-corrected chi connectivity index (χ4v) is 5.94. The SMILES string of the molecule is Cn1ncc2cc(Nc3cccc4ccn(CC(=O)NCC56CCCN5CCC6)c(=O)c34)ccc21. The van der Waals surface area contributed by atoms with Crippen molar-refractivity contribution in [2.75, 3.05) is 25.0 Å². The summed E-state index contributed by atoms with van der Waals surface area (Å²) in [6, 6.07) is 13.6. The maximum Gasteiger partial charge on any atom is 0.261 e. The number of fused-ring (bicyclic) bond motifs is 3. The smallest absolute Gasteiger partial charge is 0.261 e. The molecule has 2 aliphatic heterocycles. The van der Waals surface area contributed by atoms with Crippen LogP contribution in [0.3, 0.4) is 0 Å². The van der Waals surface area contributed by atoms with Gasteiger partial charge in [-0.05, 0) is 74.5 Å². The zero-order chi connectivity index (χ0) is 24.0. The largest absolute Gasteiger partial charge is 0.355 e. The Balaban J connectivity index is 1.24. The van der Waals surface area contributed by atoms with E-state index >= 15 is 0 Å². The molecule has 0 saturated carbocycles. The van der Waals surface area contributed by atoms with Gasteiger partial charge in [-0.2, -0.15) is 5.10 Å². The first-order valence-electron chi connectivity index (χ1n) is 12.4. The number of hydrogen-bond acceptors (Lipinski definition) is 5. The maximum atomic E-state index is 13.5. The van der Waals surface area contributed by atoms with Gasteiger partial charge < -0.3 is 15.2 Å². The van der Waals surface area contributed by atoms with E-state index < -0.39 is 0 Å². The van der Waals surface area contributed by atoms with Gasteiger partial charge >= 0.3 is 0 Å². The third-order valence-corrected chi connectivity index (χ3v) is 7.77. The number of anilines is 2. The van der Waals surface area contributed by atoms with Gasteiger partial charge in [-0.25, -0.2) is 0 Å². The molecule has 8 heteroatoms. The minimum atomic E-state index is -0.176. The predicted molar refractivity (Wildman–Crippen MR) is 138 cm³/mol. The monoisotopic (exact) mass is 470 g/mol. The molecule has 35 heavy (non-hydrogen) atoms. The number of aryl methyl sites for hydroxylation is 1. The quantitative estimate of drug-likeness (QED) is 0.451. The third kappa shape index (κ3) is 3.87. The Bertz CT molecular complexity index is 1480. The van der Waals surface area contributed by atoms with Crippen LogP contribution in [0.5, 0.6) is 0 Å². The standard InChI is InChI=1S/C27H30N6O2/c1-31-23-8-7-21(15-20(23)16-29-31)30-22-6-2-5-19-9-14-32(26(35)25(19)22)17-24(34)28-18-27-10-3-12-33(27)13-4-11-27/h2,5-9,14-16,30H,3-4,10-13,17-18H2,1H3,(H,28,34). The van der Waals surface area contributed by atoms with Crippen molar-refractivity contribution in [1.82, 2.24) is 24.6 Å². The molecule has 0 unspecified atom stereocenters. The lowest BCUT2D eigenvalue weighted by Gasteiger charge is -2.32. The average molecular weight is 471 g/mol. The van der Waals surface area contributed by atoms with Crippen molar-refractivity contribution >= 4 is 39.0 Å². The van der Waals surface area contributed by atoms with Crippen molar-refractivity contribution < 1.29 is 4.79 Å². The van der Waals surface area contributed by atoms with E-state index in [0.29, 0.717) is 11.9 Å². The minimum absolute atomic E-state index is 0.0147. The van der Waals surface area contributed by atoms with E-state index in [1.165, 1.54) is 17.4 Å². The Kier molecular flexibility index (Phi) is 5.33. The summed E-state index contributed by atoms with van der Waals surface area (Å²) in [5.41, 5.74) is 2.58. The van der Waals surface area contributed by atoms with Crippen molar-refractivity contribution in [2.24, 2.45) is 7.05 Å².